The van der Waals surface area contributed by atoms with Crippen LogP contribution in [0.4, 0.5) is 0 Å². The van der Waals surface area contributed by atoms with Gasteiger partial charge < -0.3 is 20.5 Å². The van der Waals surface area contributed by atoms with Gasteiger partial charge in [0.15, 0.2) is 0 Å². The molecule has 0 aliphatic rings. The molecule has 0 saturated heterocycles. The molecule has 0 heterocycles. The number of methoxy groups -OCH3 is 1. The third kappa shape index (κ3) is 8.64. The van der Waals surface area contributed by atoms with Crippen LogP contribution in [-0.4, -0.2) is 45.4 Å². The lowest BCUT2D eigenvalue weighted by atomic mass is 10.3. The van der Waals surface area contributed by atoms with Crippen molar-refractivity contribution in [3.05, 3.63) is 0 Å². The molecule has 1 unspecified atom stereocenters. The van der Waals surface area contributed by atoms with Gasteiger partial charge in [-0.15, -0.1) is 0 Å². The van der Waals surface area contributed by atoms with E-state index in [0.29, 0.717) is 13.2 Å². The second-order valence-electron chi connectivity index (χ2n) is 3.67. The molecule has 0 aromatic rings. The van der Waals surface area contributed by atoms with E-state index in [4.69, 9.17) is 15.2 Å². The van der Waals surface area contributed by atoms with Gasteiger partial charge in [0.25, 0.3) is 0 Å². The van der Waals surface area contributed by atoms with Crippen molar-refractivity contribution in [2.45, 2.75) is 32.2 Å². The highest BCUT2D eigenvalue weighted by molar-refractivity contribution is 5.81. The molecular weight excluding hydrogens is 208 g/mol. The van der Waals surface area contributed by atoms with Crippen LogP contribution < -0.4 is 11.1 Å². The van der Waals surface area contributed by atoms with E-state index in [1.165, 1.54) is 7.11 Å². The molecule has 0 radical (unpaired) electrons. The van der Waals surface area contributed by atoms with Gasteiger partial charge in [-0.25, -0.2) is 0 Å². The maximum absolute atomic E-state index is 11.3. The standard InChI is InChI=1S/C11H24N2O3/c1-3-4-7-16-8-5-6-13-11(14)10(12)9-15-2/h10H,3-9,12H2,1-2H3,(H,13,14). The number of hydrogen-bond donors (Lipinski definition) is 2. The van der Waals surface area contributed by atoms with E-state index >= 15 is 0 Å². The summed E-state index contributed by atoms with van der Waals surface area (Å²) in [5.41, 5.74) is 5.54. The van der Waals surface area contributed by atoms with E-state index in [-0.39, 0.29) is 12.5 Å². The van der Waals surface area contributed by atoms with Crippen LogP contribution in [0.2, 0.25) is 0 Å². The highest BCUT2D eigenvalue weighted by Gasteiger charge is 2.11. The lowest BCUT2D eigenvalue weighted by Gasteiger charge is -2.11. The van der Waals surface area contributed by atoms with Crippen molar-refractivity contribution in [1.29, 1.82) is 0 Å². The molecule has 3 N–H and O–H groups in total. The third-order valence-corrected chi connectivity index (χ3v) is 2.09. The molecule has 0 saturated carbocycles. The molecule has 1 amide bonds. The molecule has 0 fully saturated rings. The monoisotopic (exact) mass is 232 g/mol. The van der Waals surface area contributed by atoms with Crippen LogP contribution >= 0.6 is 0 Å². The van der Waals surface area contributed by atoms with Crippen LogP contribution in [0.1, 0.15) is 26.2 Å². The summed E-state index contributed by atoms with van der Waals surface area (Å²) in [6.45, 7) is 4.45. The molecule has 0 aromatic carbocycles. The van der Waals surface area contributed by atoms with Gasteiger partial charge in [0.05, 0.1) is 6.61 Å². The molecule has 0 bridgehead atoms. The highest BCUT2D eigenvalue weighted by Crippen LogP contribution is 1.89. The summed E-state index contributed by atoms with van der Waals surface area (Å²) < 4.78 is 10.1. The van der Waals surface area contributed by atoms with E-state index in [2.05, 4.69) is 12.2 Å². The fraction of sp³-hybridized carbons (Fsp3) is 0.909. The molecule has 0 aliphatic carbocycles. The number of rotatable bonds is 10. The third-order valence-electron chi connectivity index (χ3n) is 2.09. The van der Waals surface area contributed by atoms with Gasteiger partial charge in [-0.05, 0) is 12.8 Å². The minimum atomic E-state index is -0.578. The predicted octanol–water partition coefficient (Wildman–Crippen LogP) is 0.283. The van der Waals surface area contributed by atoms with E-state index in [1.54, 1.807) is 0 Å². The van der Waals surface area contributed by atoms with Crippen molar-refractivity contribution < 1.29 is 14.3 Å². The zero-order chi connectivity index (χ0) is 12.2. The molecule has 1 atom stereocenters. The van der Waals surface area contributed by atoms with Gasteiger partial charge in [-0.2, -0.15) is 0 Å². The van der Waals surface area contributed by atoms with Gasteiger partial charge in [-0.1, -0.05) is 13.3 Å². The van der Waals surface area contributed by atoms with Crippen LogP contribution in [0.15, 0.2) is 0 Å². The van der Waals surface area contributed by atoms with Crippen LogP contribution in [0.3, 0.4) is 0 Å². The quantitative estimate of drug-likeness (QED) is 0.531. The molecule has 0 aromatic heterocycles. The van der Waals surface area contributed by atoms with Gasteiger partial charge >= 0.3 is 0 Å². The minimum Gasteiger partial charge on any atom is -0.383 e. The predicted molar refractivity (Wildman–Crippen MR) is 63.2 cm³/mol. The Bertz CT molecular complexity index is 177. The summed E-state index contributed by atoms with van der Waals surface area (Å²) in [5, 5.41) is 2.73. The molecular formula is C11H24N2O3. The van der Waals surface area contributed by atoms with Crippen molar-refractivity contribution in [3.63, 3.8) is 0 Å². The van der Waals surface area contributed by atoms with Crippen LogP contribution in [0, 0.1) is 0 Å². The van der Waals surface area contributed by atoms with Crippen molar-refractivity contribution in [1.82, 2.24) is 5.32 Å². The molecule has 0 spiro atoms. The van der Waals surface area contributed by atoms with Gasteiger partial charge in [-0.3, -0.25) is 4.79 Å². The molecule has 5 nitrogen and oxygen atoms in total. The summed E-state index contributed by atoms with van der Waals surface area (Å²) in [5.74, 6) is -0.171. The number of ether oxygens (including phenoxy) is 2. The highest BCUT2D eigenvalue weighted by atomic mass is 16.5. The van der Waals surface area contributed by atoms with E-state index < -0.39 is 6.04 Å². The van der Waals surface area contributed by atoms with Crippen LogP contribution in [-0.2, 0) is 14.3 Å². The Morgan fingerprint density at radius 2 is 2.06 bits per heavy atom. The number of amides is 1. The molecule has 0 aliphatic heterocycles. The van der Waals surface area contributed by atoms with Gasteiger partial charge in [0, 0.05) is 26.9 Å². The summed E-state index contributed by atoms with van der Waals surface area (Å²) in [4.78, 5) is 11.3. The number of carbonyl (C=O) groups excluding carboxylic acids is 1. The first-order valence-electron chi connectivity index (χ1n) is 5.82. The van der Waals surface area contributed by atoms with E-state index in [9.17, 15) is 4.79 Å². The largest absolute Gasteiger partial charge is 0.383 e. The van der Waals surface area contributed by atoms with E-state index in [0.717, 1.165) is 25.9 Å². The number of nitrogens with two attached hydrogens (primary N) is 1. The molecule has 96 valence electrons. The average Bonchev–Trinajstić information content (AvgIpc) is 2.28. The lowest BCUT2D eigenvalue weighted by molar-refractivity contribution is -0.123. The number of hydrogen-bond acceptors (Lipinski definition) is 4. The summed E-state index contributed by atoms with van der Waals surface area (Å²) in [7, 11) is 1.52. The zero-order valence-corrected chi connectivity index (χ0v) is 10.3. The van der Waals surface area contributed by atoms with Crippen molar-refractivity contribution in [2.75, 3.05) is 33.5 Å². The second-order valence-corrected chi connectivity index (χ2v) is 3.67. The first-order valence-corrected chi connectivity index (χ1v) is 5.82. The fourth-order valence-corrected chi connectivity index (χ4v) is 1.12. The Morgan fingerprint density at radius 1 is 1.38 bits per heavy atom. The molecule has 16 heavy (non-hydrogen) atoms. The van der Waals surface area contributed by atoms with E-state index in [1.807, 2.05) is 0 Å². The first kappa shape index (κ1) is 15.3. The maximum atomic E-state index is 11.3. The summed E-state index contributed by atoms with van der Waals surface area (Å²) >= 11 is 0. The summed E-state index contributed by atoms with van der Waals surface area (Å²) in [6.07, 6.45) is 3.04. The number of nitrogens with one attached hydrogen (secondary N) is 1. The fourth-order valence-electron chi connectivity index (χ4n) is 1.12. The Labute approximate surface area is 97.7 Å². The Kier molecular flexibility index (Phi) is 10.4. The number of carbonyl (C=O) groups is 1. The average molecular weight is 232 g/mol. The Hall–Kier alpha value is -0.650. The van der Waals surface area contributed by atoms with Crippen LogP contribution in [0.25, 0.3) is 0 Å². The first-order chi connectivity index (χ1) is 7.72. The van der Waals surface area contributed by atoms with Gasteiger partial charge in [0.2, 0.25) is 5.91 Å². The van der Waals surface area contributed by atoms with Crippen molar-refractivity contribution in [3.8, 4) is 0 Å². The second kappa shape index (κ2) is 10.9. The minimum absolute atomic E-state index is 0.171. The Balaban J connectivity index is 3.27. The number of unbranched alkanes of at least 4 members (excludes halogenated alkanes) is 1. The SMILES string of the molecule is CCCCOCCCNC(=O)C(N)COC. The lowest BCUT2D eigenvalue weighted by Crippen LogP contribution is -2.43. The molecule has 0 rings (SSSR count). The molecule has 5 heteroatoms. The van der Waals surface area contributed by atoms with Gasteiger partial charge in [0.1, 0.15) is 6.04 Å². The topological polar surface area (TPSA) is 73.6 Å². The van der Waals surface area contributed by atoms with Crippen molar-refractivity contribution >= 4 is 5.91 Å². The maximum Gasteiger partial charge on any atom is 0.239 e. The smallest absolute Gasteiger partial charge is 0.239 e. The van der Waals surface area contributed by atoms with Crippen LogP contribution in [0.5, 0.6) is 0 Å². The Morgan fingerprint density at radius 3 is 2.69 bits per heavy atom. The summed E-state index contributed by atoms with van der Waals surface area (Å²) in [6, 6.07) is -0.578. The normalized spacial score (nSPS) is 12.4. The van der Waals surface area contributed by atoms with Crippen molar-refractivity contribution in [2.24, 2.45) is 5.73 Å². The zero-order valence-electron chi connectivity index (χ0n) is 10.3.